The lowest BCUT2D eigenvalue weighted by Crippen LogP contribution is -2.22. The van der Waals surface area contributed by atoms with E-state index in [9.17, 15) is 4.79 Å². The number of carbonyl (C=O) groups excluding carboxylic acids is 1. The highest BCUT2D eigenvalue weighted by Gasteiger charge is 2.28. The van der Waals surface area contributed by atoms with Crippen molar-refractivity contribution < 1.29 is 19.0 Å². The van der Waals surface area contributed by atoms with Crippen molar-refractivity contribution in [3.05, 3.63) is 58.0 Å². The molecule has 1 aliphatic rings. The number of thiocarbonyl (C=S) groups is 1. The summed E-state index contributed by atoms with van der Waals surface area (Å²) in [6.45, 7) is 9.95. The molecular formula is C26H31NO4S2. The smallest absolute Gasteiger partial charge is 0.265 e. The van der Waals surface area contributed by atoms with Crippen LogP contribution >= 0.6 is 24.0 Å². The Hall–Kier alpha value is -2.51. The second-order valence-corrected chi connectivity index (χ2v) is 9.80. The first kappa shape index (κ1) is 25.1. The summed E-state index contributed by atoms with van der Waals surface area (Å²) in [6.07, 6.45) is 2.58. The Kier molecular flexibility index (Phi) is 8.80. The summed E-state index contributed by atoms with van der Waals surface area (Å²) in [5.74, 6) is 2.60. The van der Waals surface area contributed by atoms with Crippen LogP contribution in [0.25, 0.3) is 6.08 Å². The van der Waals surface area contributed by atoms with Crippen LogP contribution in [-0.4, -0.2) is 42.0 Å². The topological polar surface area (TPSA) is 48.0 Å². The molecule has 0 unspecified atom stereocenters. The first-order valence-electron chi connectivity index (χ1n) is 11.1. The standard InChI is InChI=1S/C26H31NO4S2/c1-6-29-23-15-19(16-24-25(28)27(5)26(32)33-24)9-11-21(23)30-12-7-13-31-22-14-18(4)8-10-20(22)17(2)3/h8-11,14-17H,6-7,12-13H2,1-5H3. The molecule has 1 saturated heterocycles. The lowest BCUT2D eigenvalue weighted by molar-refractivity contribution is -0.121. The van der Waals surface area contributed by atoms with Gasteiger partial charge in [0, 0.05) is 13.5 Å². The van der Waals surface area contributed by atoms with E-state index in [4.69, 9.17) is 26.4 Å². The Balaban J connectivity index is 1.60. The fourth-order valence-electron chi connectivity index (χ4n) is 3.37. The molecular weight excluding hydrogens is 454 g/mol. The zero-order valence-corrected chi connectivity index (χ0v) is 21.5. The number of carbonyl (C=O) groups is 1. The van der Waals surface area contributed by atoms with Crippen molar-refractivity contribution in [3.8, 4) is 17.2 Å². The van der Waals surface area contributed by atoms with Gasteiger partial charge in [-0.1, -0.05) is 56.0 Å². The quantitative estimate of drug-likeness (QED) is 0.227. The van der Waals surface area contributed by atoms with E-state index in [1.165, 1.54) is 27.8 Å². The number of hydrogen-bond acceptors (Lipinski definition) is 6. The van der Waals surface area contributed by atoms with Gasteiger partial charge in [-0.3, -0.25) is 9.69 Å². The van der Waals surface area contributed by atoms with E-state index in [1.807, 2.05) is 31.2 Å². The first-order chi connectivity index (χ1) is 15.8. The van der Waals surface area contributed by atoms with E-state index in [0.29, 0.717) is 46.5 Å². The van der Waals surface area contributed by atoms with E-state index in [0.717, 1.165) is 17.7 Å². The molecule has 1 heterocycles. The molecule has 0 atom stereocenters. The summed E-state index contributed by atoms with van der Waals surface area (Å²) in [5, 5.41) is 0. The maximum atomic E-state index is 12.3. The van der Waals surface area contributed by atoms with Crippen LogP contribution in [-0.2, 0) is 4.79 Å². The van der Waals surface area contributed by atoms with Crippen molar-refractivity contribution in [2.24, 2.45) is 0 Å². The number of aryl methyl sites for hydroxylation is 1. The lowest BCUT2D eigenvalue weighted by Gasteiger charge is -2.16. The van der Waals surface area contributed by atoms with E-state index in [-0.39, 0.29) is 5.91 Å². The summed E-state index contributed by atoms with van der Waals surface area (Å²) in [5.41, 5.74) is 3.27. The molecule has 7 heteroatoms. The van der Waals surface area contributed by atoms with Crippen molar-refractivity contribution in [1.29, 1.82) is 0 Å². The van der Waals surface area contributed by atoms with Gasteiger partial charge >= 0.3 is 0 Å². The van der Waals surface area contributed by atoms with Gasteiger partial charge in [-0.2, -0.15) is 0 Å². The molecule has 1 amide bonds. The summed E-state index contributed by atoms with van der Waals surface area (Å²) in [7, 11) is 1.69. The van der Waals surface area contributed by atoms with Gasteiger partial charge in [0.2, 0.25) is 0 Å². The second kappa shape index (κ2) is 11.6. The van der Waals surface area contributed by atoms with Crippen molar-refractivity contribution in [3.63, 3.8) is 0 Å². The predicted molar refractivity (Wildman–Crippen MR) is 139 cm³/mol. The minimum absolute atomic E-state index is 0.0856. The van der Waals surface area contributed by atoms with Gasteiger partial charge in [0.1, 0.15) is 10.1 Å². The molecule has 3 rings (SSSR count). The SMILES string of the molecule is CCOc1cc(C=C2SC(=S)N(C)C2=O)ccc1OCCCOc1cc(C)ccc1C(C)C. The molecule has 0 N–H and O–H groups in total. The maximum Gasteiger partial charge on any atom is 0.265 e. The Labute approximate surface area is 206 Å². The number of thioether (sulfide) groups is 1. The highest BCUT2D eigenvalue weighted by atomic mass is 32.2. The summed E-state index contributed by atoms with van der Waals surface area (Å²) < 4.78 is 18.4. The summed E-state index contributed by atoms with van der Waals surface area (Å²) in [4.78, 5) is 14.3. The van der Waals surface area contributed by atoms with Crippen LogP contribution in [0.2, 0.25) is 0 Å². The maximum absolute atomic E-state index is 12.3. The van der Waals surface area contributed by atoms with Crippen LogP contribution in [0, 0.1) is 6.92 Å². The molecule has 0 radical (unpaired) electrons. The zero-order chi connectivity index (χ0) is 24.0. The number of likely N-dealkylation sites (N-methyl/N-ethyl adjacent to an activating group) is 1. The molecule has 0 saturated carbocycles. The predicted octanol–water partition coefficient (Wildman–Crippen LogP) is 6.20. The third-order valence-corrected chi connectivity index (χ3v) is 6.63. The first-order valence-corrected chi connectivity index (χ1v) is 12.4. The van der Waals surface area contributed by atoms with Gasteiger partial charge in [0.05, 0.1) is 24.7 Å². The Bertz CT molecular complexity index is 1050. The van der Waals surface area contributed by atoms with Crippen molar-refractivity contribution in [1.82, 2.24) is 4.90 Å². The zero-order valence-electron chi connectivity index (χ0n) is 19.8. The van der Waals surface area contributed by atoms with E-state index in [1.54, 1.807) is 7.05 Å². The molecule has 0 bridgehead atoms. The molecule has 5 nitrogen and oxygen atoms in total. The molecule has 2 aromatic carbocycles. The molecule has 1 aliphatic heterocycles. The molecule has 176 valence electrons. The average Bonchev–Trinajstić information content (AvgIpc) is 3.01. The van der Waals surface area contributed by atoms with E-state index >= 15 is 0 Å². The van der Waals surface area contributed by atoms with Crippen molar-refractivity contribution in [2.75, 3.05) is 26.9 Å². The van der Waals surface area contributed by atoms with Crippen LogP contribution in [0.4, 0.5) is 0 Å². The largest absolute Gasteiger partial charge is 0.493 e. The number of rotatable bonds is 10. The number of ether oxygens (including phenoxy) is 3. The van der Waals surface area contributed by atoms with Gasteiger partial charge in [-0.05, 0) is 60.7 Å². The number of benzene rings is 2. The van der Waals surface area contributed by atoms with Crippen LogP contribution in [0.1, 0.15) is 49.8 Å². The van der Waals surface area contributed by atoms with Crippen molar-refractivity contribution >= 4 is 40.3 Å². The molecule has 0 aromatic heterocycles. The van der Waals surface area contributed by atoms with Gasteiger partial charge in [-0.25, -0.2) is 0 Å². The average molecular weight is 486 g/mol. The van der Waals surface area contributed by atoms with Gasteiger partial charge in [0.15, 0.2) is 11.5 Å². The number of nitrogens with zero attached hydrogens (tertiary/aromatic N) is 1. The summed E-state index contributed by atoms with van der Waals surface area (Å²) >= 11 is 6.50. The molecule has 33 heavy (non-hydrogen) atoms. The molecule has 0 aliphatic carbocycles. The third-order valence-electron chi connectivity index (χ3n) is 5.15. The third kappa shape index (κ3) is 6.51. The Morgan fingerprint density at radius 2 is 1.76 bits per heavy atom. The van der Waals surface area contributed by atoms with Crippen LogP contribution in [0.5, 0.6) is 17.2 Å². The molecule has 1 fully saturated rings. The fourth-order valence-corrected chi connectivity index (χ4v) is 4.55. The van der Waals surface area contributed by atoms with E-state index in [2.05, 4.69) is 39.0 Å². The van der Waals surface area contributed by atoms with Crippen LogP contribution < -0.4 is 14.2 Å². The lowest BCUT2D eigenvalue weighted by atomic mass is 10.0. The highest BCUT2D eigenvalue weighted by molar-refractivity contribution is 8.26. The summed E-state index contributed by atoms with van der Waals surface area (Å²) in [6, 6.07) is 12.0. The molecule has 0 spiro atoms. The monoisotopic (exact) mass is 485 g/mol. The molecule has 2 aromatic rings. The number of hydrogen-bond donors (Lipinski definition) is 0. The minimum Gasteiger partial charge on any atom is -0.493 e. The van der Waals surface area contributed by atoms with Crippen LogP contribution in [0.3, 0.4) is 0 Å². The fraction of sp³-hybridized carbons (Fsp3) is 0.385. The van der Waals surface area contributed by atoms with Gasteiger partial charge in [-0.15, -0.1) is 0 Å². The van der Waals surface area contributed by atoms with Crippen LogP contribution in [0.15, 0.2) is 41.3 Å². The normalized spacial score (nSPS) is 15.0. The Morgan fingerprint density at radius 3 is 2.39 bits per heavy atom. The van der Waals surface area contributed by atoms with Gasteiger partial charge < -0.3 is 14.2 Å². The minimum atomic E-state index is -0.0856. The van der Waals surface area contributed by atoms with Crippen molar-refractivity contribution in [2.45, 2.75) is 40.0 Å². The van der Waals surface area contributed by atoms with Gasteiger partial charge in [0.25, 0.3) is 5.91 Å². The van der Waals surface area contributed by atoms with E-state index < -0.39 is 0 Å². The number of amides is 1. The second-order valence-electron chi connectivity index (χ2n) is 8.13. The Morgan fingerprint density at radius 1 is 1.03 bits per heavy atom. The highest BCUT2D eigenvalue weighted by Crippen LogP contribution is 2.34.